The van der Waals surface area contributed by atoms with Gasteiger partial charge in [0.15, 0.2) is 0 Å². The number of carboxylic acid groups (broad SMARTS) is 1. The van der Waals surface area contributed by atoms with Crippen LogP contribution in [0, 0.1) is 5.92 Å². The number of hydrogen-bond acceptors (Lipinski definition) is 3. The third-order valence-corrected chi connectivity index (χ3v) is 3.75. The smallest absolute Gasteiger partial charge is 0.303 e. The zero-order valence-corrected chi connectivity index (χ0v) is 13.0. The molecule has 0 aliphatic carbocycles. The van der Waals surface area contributed by atoms with E-state index in [1.807, 2.05) is 19.1 Å². The van der Waals surface area contributed by atoms with Crippen molar-refractivity contribution in [3.63, 3.8) is 0 Å². The first-order valence-electron chi connectivity index (χ1n) is 6.10. The molecule has 0 saturated heterocycles. The Kier molecular flexibility index (Phi) is 6.15. The van der Waals surface area contributed by atoms with Gasteiger partial charge in [0, 0.05) is 6.42 Å². The van der Waals surface area contributed by atoms with E-state index >= 15 is 0 Å². The second kappa shape index (κ2) is 7.38. The van der Waals surface area contributed by atoms with E-state index in [4.69, 9.17) is 14.6 Å². The molecule has 0 aliphatic heterocycles. The van der Waals surface area contributed by atoms with Crippen LogP contribution in [0.25, 0.3) is 0 Å². The van der Waals surface area contributed by atoms with Gasteiger partial charge in [0.1, 0.15) is 16.0 Å². The van der Waals surface area contributed by atoms with Crippen molar-refractivity contribution < 1.29 is 19.4 Å². The number of rotatable bonds is 7. The van der Waals surface area contributed by atoms with Gasteiger partial charge >= 0.3 is 5.97 Å². The highest BCUT2D eigenvalue weighted by atomic mass is 79.9. The summed E-state index contributed by atoms with van der Waals surface area (Å²) in [4.78, 5) is 10.6. The summed E-state index contributed by atoms with van der Waals surface area (Å²) in [6.45, 7) is 1.94. The van der Waals surface area contributed by atoms with Gasteiger partial charge in [-0.25, -0.2) is 0 Å². The fourth-order valence-electron chi connectivity index (χ4n) is 1.96. The summed E-state index contributed by atoms with van der Waals surface area (Å²) in [5.74, 6) is 0.861. The summed E-state index contributed by atoms with van der Waals surface area (Å²) in [7, 11) is 3.22. The van der Waals surface area contributed by atoms with Crippen LogP contribution in [0.3, 0.4) is 0 Å². The van der Waals surface area contributed by atoms with Crippen LogP contribution < -0.4 is 9.47 Å². The van der Waals surface area contributed by atoms with Gasteiger partial charge in [-0.1, -0.05) is 13.0 Å². The van der Waals surface area contributed by atoms with E-state index in [9.17, 15) is 4.79 Å². The minimum Gasteiger partial charge on any atom is -0.495 e. The van der Waals surface area contributed by atoms with Gasteiger partial charge in [0.05, 0.1) is 14.2 Å². The van der Waals surface area contributed by atoms with E-state index < -0.39 is 5.97 Å². The van der Waals surface area contributed by atoms with Gasteiger partial charge in [-0.05, 0) is 46.3 Å². The van der Waals surface area contributed by atoms with Crippen molar-refractivity contribution in [1.29, 1.82) is 0 Å². The molecule has 0 spiro atoms. The zero-order chi connectivity index (χ0) is 14.4. The molecule has 0 amide bonds. The van der Waals surface area contributed by atoms with Crippen molar-refractivity contribution in [2.45, 2.75) is 26.2 Å². The number of ether oxygens (including phenoxy) is 2. The van der Waals surface area contributed by atoms with Crippen LogP contribution in [0.1, 0.15) is 25.3 Å². The Balaban J connectivity index is 2.78. The molecular formula is C14H19BrO4. The van der Waals surface area contributed by atoms with Crippen molar-refractivity contribution >= 4 is 21.9 Å². The molecule has 1 aromatic carbocycles. The highest BCUT2D eigenvalue weighted by Gasteiger charge is 2.14. The molecule has 0 heterocycles. The molecule has 0 aromatic heterocycles. The van der Waals surface area contributed by atoms with E-state index in [1.165, 1.54) is 0 Å². The average molecular weight is 331 g/mol. The third kappa shape index (κ3) is 4.42. The van der Waals surface area contributed by atoms with Crippen molar-refractivity contribution in [3.05, 3.63) is 22.2 Å². The summed E-state index contributed by atoms with van der Waals surface area (Å²) in [6.07, 6.45) is 1.78. The number of carboxylic acids is 1. The second-order valence-corrected chi connectivity index (χ2v) is 5.31. The van der Waals surface area contributed by atoms with Gasteiger partial charge in [-0.2, -0.15) is 0 Å². The predicted molar refractivity (Wildman–Crippen MR) is 77.0 cm³/mol. The summed E-state index contributed by atoms with van der Waals surface area (Å²) in [5, 5.41) is 8.75. The summed E-state index contributed by atoms with van der Waals surface area (Å²) >= 11 is 3.46. The molecule has 1 unspecified atom stereocenters. The molecule has 5 heteroatoms. The second-order valence-electron chi connectivity index (χ2n) is 4.52. The fourth-order valence-corrected chi connectivity index (χ4v) is 2.67. The topological polar surface area (TPSA) is 55.8 Å². The maximum Gasteiger partial charge on any atom is 0.303 e. The van der Waals surface area contributed by atoms with Gasteiger partial charge in [-0.15, -0.1) is 0 Å². The first kappa shape index (κ1) is 15.8. The lowest BCUT2D eigenvalue weighted by molar-refractivity contribution is -0.138. The highest BCUT2D eigenvalue weighted by Crippen LogP contribution is 2.37. The van der Waals surface area contributed by atoms with Crippen LogP contribution in [0.5, 0.6) is 11.5 Å². The molecule has 4 nitrogen and oxygen atoms in total. The van der Waals surface area contributed by atoms with Gasteiger partial charge in [0.25, 0.3) is 0 Å². The third-order valence-electron chi connectivity index (χ3n) is 3.00. The standard InChI is InChI=1S/C14H19BrO4/c1-9(8-12(16)17)4-5-10-6-7-11(18-2)13(15)14(10)19-3/h6-7,9H,4-5,8H2,1-3H3,(H,16,17). The number of methoxy groups -OCH3 is 2. The van der Waals surface area contributed by atoms with Crippen LogP contribution in [0.2, 0.25) is 0 Å². The molecule has 1 rings (SSSR count). The quantitative estimate of drug-likeness (QED) is 0.831. The van der Waals surface area contributed by atoms with Crippen molar-refractivity contribution in [3.8, 4) is 11.5 Å². The Morgan fingerprint density at radius 1 is 1.37 bits per heavy atom. The molecule has 19 heavy (non-hydrogen) atoms. The molecule has 106 valence electrons. The van der Waals surface area contributed by atoms with E-state index in [2.05, 4.69) is 15.9 Å². The van der Waals surface area contributed by atoms with Crippen LogP contribution in [0.4, 0.5) is 0 Å². The Morgan fingerprint density at radius 3 is 2.58 bits per heavy atom. The first-order chi connectivity index (χ1) is 8.99. The number of aliphatic carboxylic acids is 1. The van der Waals surface area contributed by atoms with Crippen LogP contribution >= 0.6 is 15.9 Å². The molecule has 0 saturated carbocycles. The Morgan fingerprint density at radius 2 is 2.05 bits per heavy atom. The lowest BCUT2D eigenvalue weighted by Crippen LogP contribution is -2.06. The Labute approximate surface area is 121 Å². The number of aryl methyl sites for hydroxylation is 1. The fraction of sp³-hybridized carbons (Fsp3) is 0.500. The number of benzene rings is 1. The summed E-state index contributed by atoms with van der Waals surface area (Å²) in [6, 6.07) is 3.83. The maximum absolute atomic E-state index is 10.6. The number of carbonyl (C=O) groups is 1. The molecule has 0 fully saturated rings. The van der Waals surface area contributed by atoms with Crippen molar-refractivity contribution in [2.75, 3.05) is 14.2 Å². The molecule has 0 radical (unpaired) electrons. The lowest BCUT2D eigenvalue weighted by Gasteiger charge is -2.14. The van der Waals surface area contributed by atoms with Gasteiger partial charge < -0.3 is 14.6 Å². The Bertz CT molecular complexity index is 445. The van der Waals surface area contributed by atoms with Crippen molar-refractivity contribution in [2.24, 2.45) is 5.92 Å². The molecule has 0 aliphatic rings. The van der Waals surface area contributed by atoms with Crippen LogP contribution in [0.15, 0.2) is 16.6 Å². The maximum atomic E-state index is 10.6. The molecule has 1 atom stereocenters. The molecule has 0 bridgehead atoms. The largest absolute Gasteiger partial charge is 0.495 e. The van der Waals surface area contributed by atoms with E-state index in [1.54, 1.807) is 14.2 Å². The molecule has 1 aromatic rings. The van der Waals surface area contributed by atoms with Gasteiger partial charge in [-0.3, -0.25) is 4.79 Å². The van der Waals surface area contributed by atoms with Crippen LogP contribution in [-0.4, -0.2) is 25.3 Å². The van der Waals surface area contributed by atoms with E-state index in [-0.39, 0.29) is 12.3 Å². The monoisotopic (exact) mass is 330 g/mol. The minimum absolute atomic E-state index is 0.142. The predicted octanol–water partition coefficient (Wildman–Crippen LogP) is 3.51. The van der Waals surface area contributed by atoms with Crippen LogP contribution in [-0.2, 0) is 11.2 Å². The van der Waals surface area contributed by atoms with Gasteiger partial charge in [0.2, 0.25) is 0 Å². The number of halogens is 1. The van der Waals surface area contributed by atoms with E-state index in [0.29, 0.717) is 0 Å². The molecular weight excluding hydrogens is 312 g/mol. The first-order valence-corrected chi connectivity index (χ1v) is 6.90. The van der Waals surface area contributed by atoms with Crippen molar-refractivity contribution in [1.82, 2.24) is 0 Å². The summed E-state index contributed by atoms with van der Waals surface area (Å²) < 4.78 is 11.4. The SMILES string of the molecule is COc1ccc(CCC(C)CC(=O)O)c(OC)c1Br. The zero-order valence-electron chi connectivity index (χ0n) is 11.4. The Hall–Kier alpha value is -1.23. The lowest BCUT2D eigenvalue weighted by atomic mass is 9.98. The normalized spacial score (nSPS) is 12.0. The molecule has 1 N–H and O–H groups in total. The average Bonchev–Trinajstić information content (AvgIpc) is 2.35. The van der Waals surface area contributed by atoms with E-state index in [0.717, 1.165) is 34.4 Å². The highest BCUT2D eigenvalue weighted by molar-refractivity contribution is 9.10. The minimum atomic E-state index is -0.754. The number of hydrogen-bond donors (Lipinski definition) is 1. The summed E-state index contributed by atoms with van der Waals surface area (Å²) in [5.41, 5.74) is 1.05.